The third-order valence-corrected chi connectivity index (χ3v) is 5.11. The largest absolute Gasteiger partial charge is 0.319 e. The standard InChI is InChI=1S/C17H31N3/c1-4-5-14-6-7-16(13-18-2)15(12-14)8-9-17-10-11-19-20(17)3/h10-11,14-16,18H,4-9,12-13H2,1-3H3. The predicted octanol–water partition coefficient (Wildman–Crippen LogP) is 3.40. The van der Waals surface area contributed by atoms with Gasteiger partial charge in [-0.25, -0.2) is 0 Å². The van der Waals surface area contributed by atoms with E-state index in [-0.39, 0.29) is 0 Å². The summed E-state index contributed by atoms with van der Waals surface area (Å²) in [5.74, 6) is 2.74. The van der Waals surface area contributed by atoms with Crippen molar-refractivity contribution in [1.82, 2.24) is 15.1 Å². The molecule has 0 radical (unpaired) electrons. The fourth-order valence-electron chi connectivity index (χ4n) is 3.96. The lowest BCUT2D eigenvalue weighted by molar-refractivity contribution is 0.161. The Balaban J connectivity index is 1.90. The Kier molecular flexibility index (Phi) is 6.08. The molecule has 3 atom stereocenters. The Bertz CT molecular complexity index is 385. The molecule has 1 N–H and O–H groups in total. The molecule has 1 saturated carbocycles. The van der Waals surface area contributed by atoms with Gasteiger partial charge in [0.25, 0.3) is 0 Å². The average molecular weight is 277 g/mol. The SMILES string of the molecule is CCCC1CCC(CNC)C(CCc2ccnn2C)C1. The summed E-state index contributed by atoms with van der Waals surface area (Å²) in [5.41, 5.74) is 1.38. The van der Waals surface area contributed by atoms with Crippen molar-refractivity contribution in [1.29, 1.82) is 0 Å². The highest BCUT2D eigenvalue weighted by molar-refractivity contribution is 5.00. The van der Waals surface area contributed by atoms with Crippen molar-refractivity contribution in [3.8, 4) is 0 Å². The molecule has 1 fully saturated rings. The first-order valence-corrected chi connectivity index (χ1v) is 8.36. The van der Waals surface area contributed by atoms with E-state index in [1.54, 1.807) is 0 Å². The summed E-state index contributed by atoms with van der Waals surface area (Å²) in [4.78, 5) is 0. The van der Waals surface area contributed by atoms with E-state index in [1.807, 2.05) is 10.9 Å². The average Bonchev–Trinajstić information content (AvgIpc) is 2.85. The molecule has 0 aliphatic heterocycles. The summed E-state index contributed by atoms with van der Waals surface area (Å²) in [5, 5.41) is 7.69. The van der Waals surface area contributed by atoms with Crippen molar-refractivity contribution < 1.29 is 0 Å². The highest BCUT2D eigenvalue weighted by Gasteiger charge is 2.29. The zero-order chi connectivity index (χ0) is 14.4. The molecule has 0 saturated heterocycles. The van der Waals surface area contributed by atoms with Gasteiger partial charge in [0.05, 0.1) is 0 Å². The van der Waals surface area contributed by atoms with Gasteiger partial charge in [0.1, 0.15) is 0 Å². The van der Waals surface area contributed by atoms with Gasteiger partial charge in [0.15, 0.2) is 0 Å². The van der Waals surface area contributed by atoms with Crippen molar-refractivity contribution >= 4 is 0 Å². The van der Waals surface area contributed by atoms with Crippen molar-refractivity contribution in [2.45, 2.75) is 51.9 Å². The number of nitrogens with zero attached hydrogens (tertiary/aromatic N) is 2. The number of hydrogen-bond acceptors (Lipinski definition) is 2. The second-order valence-electron chi connectivity index (χ2n) is 6.53. The molecular weight excluding hydrogens is 246 g/mol. The van der Waals surface area contributed by atoms with Crippen LogP contribution in [0.2, 0.25) is 0 Å². The summed E-state index contributed by atoms with van der Waals surface area (Å²) in [6, 6.07) is 2.17. The molecule has 1 aliphatic carbocycles. The summed E-state index contributed by atoms with van der Waals surface area (Å²) in [6.45, 7) is 3.51. The Hall–Kier alpha value is -0.830. The van der Waals surface area contributed by atoms with Gasteiger partial charge < -0.3 is 5.32 Å². The maximum atomic E-state index is 4.28. The van der Waals surface area contributed by atoms with Gasteiger partial charge in [0, 0.05) is 18.9 Å². The van der Waals surface area contributed by atoms with E-state index in [9.17, 15) is 0 Å². The highest BCUT2D eigenvalue weighted by atomic mass is 15.2. The molecule has 1 aromatic rings. The zero-order valence-corrected chi connectivity index (χ0v) is 13.4. The van der Waals surface area contributed by atoms with Crippen molar-refractivity contribution in [2.24, 2.45) is 24.8 Å². The number of rotatable bonds is 7. The van der Waals surface area contributed by atoms with Crippen LogP contribution in [0.25, 0.3) is 0 Å². The number of aryl methyl sites for hydroxylation is 2. The molecule has 0 spiro atoms. The topological polar surface area (TPSA) is 29.9 Å². The first kappa shape index (κ1) is 15.6. The van der Waals surface area contributed by atoms with Crippen molar-refractivity contribution in [3.05, 3.63) is 18.0 Å². The molecule has 20 heavy (non-hydrogen) atoms. The molecule has 0 amide bonds. The summed E-state index contributed by atoms with van der Waals surface area (Å²) in [7, 11) is 4.15. The third-order valence-electron chi connectivity index (χ3n) is 5.11. The highest BCUT2D eigenvalue weighted by Crippen LogP contribution is 2.38. The molecule has 1 aromatic heterocycles. The molecule has 1 heterocycles. The predicted molar refractivity (Wildman–Crippen MR) is 84.7 cm³/mol. The van der Waals surface area contributed by atoms with Crippen LogP contribution < -0.4 is 5.32 Å². The van der Waals surface area contributed by atoms with Gasteiger partial charge >= 0.3 is 0 Å². The van der Waals surface area contributed by atoms with Gasteiger partial charge in [0.2, 0.25) is 0 Å². The number of nitrogens with one attached hydrogen (secondary N) is 1. The lowest BCUT2D eigenvalue weighted by atomic mass is 9.71. The summed E-state index contributed by atoms with van der Waals surface area (Å²) >= 11 is 0. The van der Waals surface area contributed by atoms with Crippen molar-refractivity contribution in [2.75, 3.05) is 13.6 Å². The second kappa shape index (κ2) is 7.82. The first-order valence-electron chi connectivity index (χ1n) is 8.36. The second-order valence-corrected chi connectivity index (χ2v) is 6.53. The van der Waals surface area contributed by atoms with Crippen LogP contribution in [0, 0.1) is 17.8 Å². The van der Waals surface area contributed by atoms with Crippen LogP contribution in [0.1, 0.15) is 51.1 Å². The lowest BCUT2D eigenvalue weighted by Gasteiger charge is -2.36. The Morgan fingerprint density at radius 2 is 2.15 bits per heavy atom. The zero-order valence-electron chi connectivity index (χ0n) is 13.4. The number of hydrogen-bond donors (Lipinski definition) is 1. The Labute approximate surface area is 124 Å². The van der Waals surface area contributed by atoms with Gasteiger partial charge in [-0.3, -0.25) is 4.68 Å². The molecule has 3 heteroatoms. The molecule has 0 bridgehead atoms. The monoisotopic (exact) mass is 277 g/mol. The van der Waals surface area contributed by atoms with E-state index in [0.717, 1.165) is 17.8 Å². The lowest BCUT2D eigenvalue weighted by Crippen LogP contribution is -2.32. The normalized spacial score (nSPS) is 26.9. The van der Waals surface area contributed by atoms with E-state index >= 15 is 0 Å². The van der Waals surface area contributed by atoms with Crippen molar-refractivity contribution in [3.63, 3.8) is 0 Å². The van der Waals surface area contributed by atoms with Crippen LogP contribution in [0.3, 0.4) is 0 Å². The van der Waals surface area contributed by atoms with E-state index in [1.165, 1.54) is 57.2 Å². The minimum atomic E-state index is 0.876. The van der Waals surface area contributed by atoms with Gasteiger partial charge in [-0.05, 0) is 63.1 Å². The first-order chi connectivity index (χ1) is 9.74. The molecular formula is C17H31N3. The molecule has 3 nitrogen and oxygen atoms in total. The molecule has 1 aliphatic rings. The Morgan fingerprint density at radius 3 is 2.80 bits per heavy atom. The third kappa shape index (κ3) is 4.08. The minimum Gasteiger partial charge on any atom is -0.319 e. The van der Waals surface area contributed by atoms with Crippen LogP contribution in [0.5, 0.6) is 0 Å². The van der Waals surface area contributed by atoms with Crippen LogP contribution in [0.15, 0.2) is 12.3 Å². The van der Waals surface area contributed by atoms with E-state index in [2.05, 4.69) is 37.5 Å². The van der Waals surface area contributed by atoms with Crippen LogP contribution in [0.4, 0.5) is 0 Å². The smallest absolute Gasteiger partial charge is 0.0492 e. The Morgan fingerprint density at radius 1 is 1.30 bits per heavy atom. The van der Waals surface area contributed by atoms with Crippen LogP contribution >= 0.6 is 0 Å². The molecule has 3 unspecified atom stereocenters. The molecule has 114 valence electrons. The number of aromatic nitrogens is 2. The fraction of sp³-hybridized carbons (Fsp3) is 0.824. The fourth-order valence-corrected chi connectivity index (χ4v) is 3.96. The maximum Gasteiger partial charge on any atom is 0.0492 e. The maximum absolute atomic E-state index is 4.28. The molecule has 2 rings (SSSR count). The van der Waals surface area contributed by atoms with Gasteiger partial charge in [-0.1, -0.05) is 26.2 Å². The van der Waals surface area contributed by atoms with E-state index in [4.69, 9.17) is 0 Å². The van der Waals surface area contributed by atoms with E-state index in [0.29, 0.717) is 0 Å². The summed E-state index contributed by atoms with van der Waals surface area (Å²) in [6.07, 6.45) is 11.5. The van der Waals surface area contributed by atoms with E-state index < -0.39 is 0 Å². The molecule has 0 aromatic carbocycles. The minimum absolute atomic E-state index is 0.876. The van der Waals surface area contributed by atoms with Crippen LogP contribution in [-0.2, 0) is 13.5 Å². The quantitative estimate of drug-likeness (QED) is 0.828. The summed E-state index contributed by atoms with van der Waals surface area (Å²) < 4.78 is 2.03. The van der Waals surface area contributed by atoms with Gasteiger partial charge in [-0.15, -0.1) is 0 Å². The van der Waals surface area contributed by atoms with Crippen LogP contribution in [-0.4, -0.2) is 23.4 Å². The van der Waals surface area contributed by atoms with Gasteiger partial charge in [-0.2, -0.15) is 5.10 Å².